The molecule has 1 aliphatic heterocycles. The Kier molecular flexibility index (Phi) is 4.47. The molecule has 9 nitrogen and oxygen atoms in total. The van der Waals surface area contributed by atoms with Gasteiger partial charge in [-0.25, -0.2) is 14.6 Å². The lowest BCUT2D eigenvalue weighted by atomic mass is 10.1. The Morgan fingerprint density at radius 1 is 1.07 bits per heavy atom. The number of carbonyl (C=O) groups excluding carboxylic acids is 3. The van der Waals surface area contributed by atoms with Crippen LogP contribution in [0.25, 0.3) is 5.95 Å². The molecule has 0 saturated carbocycles. The van der Waals surface area contributed by atoms with Gasteiger partial charge in [0.25, 0.3) is 17.8 Å². The molecule has 0 fully saturated rings. The van der Waals surface area contributed by atoms with E-state index >= 15 is 0 Å². The monoisotopic (exact) mass is 440 g/mol. The highest BCUT2D eigenvalue weighted by Crippen LogP contribution is 2.26. The number of hydrogen-bond acceptors (Lipinski definition) is 6. The van der Waals surface area contributed by atoms with Gasteiger partial charge >= 0.3 is 0 Å². The predicted molar refractivity (Wildman–Crippen MR) is 102 cm³/mol. The van der Waals surface area contributed by atoms with Crippen LogP contribution in [0.1, 0.15) is 27.6 Å². The SMILES string of the molecule is C[C@@H](C(=O)Nc1nn(-c2ncccn2)cc1Br)N1C(=O)c2ccccc2C1=O. The van der Waals surface area contributed by atoms with Crippen LogP contribution in [0.2, 0.25) is 0 Å². The second-order valence-electron chi connectivity index (χ2n) is 6.01. The van der Waals surface area contributed by atoms with E-state index in [9.17, 15) is 14.4 Å². The molecule has 10 heteroatoms. The highest BCUT2D eigenvalue weighted by atomic mass is 79.9. The molecule has 0 radical (unpaired) electrons. The second-order valence-corrected chi connectivity index (χ2v) is 6.86. The fraction of sp³-hybridized carbons (Fsp3) is 0.111. The highest BCUT2D eigenvalue weighted by molar-refractivity contribution is 9.10. The lowest BCUT2D eigenvalue weighted by Gasteiger charge is -2.21. The van der Waals surface area contributed by atoms with E-state index < -0.39 is 23.8 Å². The summed E-state index contributed by atoms with van der Waals surface area (Å²) in [4.78, 5) is 46.9. The van der Waals surface area contributed by atoms with Crippen molar-refractivity contribution in [2.24, 2.45) is 0 Å². The van der Waals surface area contributed by atoms with E-state index in [-0.39, 0.29) is 5.82 Å². The molecule has 1 aliphatic rings. The van der Waals surface area contributed by atoms with Gasteiger partial charge < -0.3 is 5.32 Å². The summed E-state index contributed by atoms with van der Waals surface area (Å²) in [5.41, 5.74) is 0.581. The normalized spacial score (nSPS) is 14.1. The molecule has 0 unspecified atom stereocenters. The Labute approximate surface area is 167 Å². The maximum absolute atomic E-state index is 12.7. The molecule has 140 valence electrons. The number of benzene rings is 1. The molecular formula is C18H13BrN6O3. The van der Waals surface area contributed by atoms with Crippen molar-refractivity contribution in [3.63, 3.8) is 0 Å². The molecule has 0 saturated heterocycles. The molecule has 2 aromatic heterocycles. The van der Waals surface area contributed by atoms with Crippen molar-refractivity contribution in [2.45, 2.75) is 13.0 Å². The number of nitrogens with one attached hydrogen (secondary N) is 1. The Hall–Kier alpha value is -3.40. The first-order chi connectivity index (χ1) is 13.5. The largest absolute Gasteiger partial charge is 0.306 e. The van der Waals surface area contributed by atoms with Gasteiger partial charge in [0.05, 0.1) is 21.8 Å². The van der Waals surface area contributed by atoms with Gasteiger partial charge in [0.2, 0.25) is 5.91 Å². The van der Waals surface area contributed by atoms with Gasteiger partial charge in [-0.05, 0) is 41.1 Å². The smallest absolute Gasteiger partial charge is 0.262 e. The number of imide groups is 1. The Morgan fingerprint density at radius 2 is 1.68 bits per heavy atom. The van der Waals surface area contributed by atoms with Crippen molar-refractivity contribution in [2.75, 3.05) is 5.32 Å². The summed E-state index contributed by atoms with van der Waals surface area (Å²) >= 11 is 3.32. The molecule has 3 aromatic rings. The van der Waals surface area contributed by atoms with Crippen molar-refractivity contribution in [3.05, 3.63) is 64.5 Å². The van der Waals surface area contributed by atoms with Gasteiger partial charge in [-0.2, -0.15) is 0 Å². The maximum atomic E-state index is 12.7. The lowest BCUT2D eigenvalue weighted by molar-refractivity contribution is -0.119. The zero-order chi connectivity index (χ0) is 19.8. The number of fused-ring (bicyclic) bond motifs is 1. The molecule has 4 rings (SSSR count). The van der Waals surface area contributed by atoms with Crippen LogP contribution in [-0.2, 0) is 4.79 Å². The third-order valence-corrected chi connectivity index (χ3v) is 4.84. The molecular weight excluding hydrogens is 428 g/mol. The molecule has 1 aromatic carbocycles. The minimum Gasteiger partial charge on any atom is -0.306 e. The molecule has 0 spiro atoms. The van der Waals surface area contributed by atoms with Crippen molar-refractivity contribution >= 4 is 39.5 Å². The van der Waals surface area contributed by atoms with Crippen LogP contribution in [0, 0.1) is 0 Å². The fourth-order valence-electron chi connectivity index (χ4n) is 2.85. The van der Waals surface area contributed by atoms with Gasteiger partial charge in [-0.3, -0.25) is 19.3 Å². The van der Waals surface area contributed by atoms with E-state index in [4.69, 9.17) is 0 Å². The summed E-state index contributed by atoms with van der Waals surface area (Å²) in [6.07, 6.45) is 4.73. The van der Waals surface area contributed by atoms with Crippen LogP contribution in [0.4, 0.5) is 5.82 Å². The summed E-state index contributed by atoms with van der Waals surface area (Å²) in [5.74, 6) is -0.983. The van der Waals surface area contributed by atoms with Gasteiger partial charge in [-0.15, -0.1) is 5.10 Å². The van der Waals surface area contributed by atoms with Crippen molar-refractivity contribution < 1.29 is 14.4 Å². The second kappa shape index (κ2) is 6.97. The van der Waals surface area contributed by atoms with Crippen LogP contribution in [0.5, 0.6) is 0 Å². The maximum Gasteiger partial charge on any atom is 0.262 e. The molecule has 0 bridgehead atoms. The number of amides is 3. The Morgan fingerprint density at radius 3 is 2.29 bits per heavy atom. The lowest BCUT2D eigenvalue weighted by Crippen LogP contribution is -2.45. The molecule has 1 N–H and O–H groups in total. The van der Waals surface area contributed by atoms with Gasteiger partial charge in [0.1, 0.15) is 6.04 Å². The summed E-state index contributed by atoms with van der Waals surface area (Å²) in [5, 5.41) is 6.86. The van der Waals surface area contributed by atoms with Crippen LogP contribution in [0.3, 0.4) is 0 Å². The number of anilines is 1. The fourth-order valence-corrected chi connectivity index (χ4v) is 3.22. The first-order valence-electron chi connectivity index (χ1n) is 8.27. The predicted octanol–water partition coefficient (Wildman–Crippen LogP) is 2.05. The minimum absolute atomic E-state index is 0.223. The number of halogens is 1. The van der Waals surface area contributed by atoms with E-state index in [0.29, 0.717) is 21.5 Å². The van der Waals surface area contributed by atoms with E-state index in [2.05, 4.69) is 36.3 Å². The molecule has 28 heavy (non-hydrogen) atoms. The number of nitrogens with zero attached hydrogens (tertiary/aromatic N) is 5. The third kappa shape index (κ3) is 2.97. The zero-order valence-electron chi connectivity index (χ0n) is 14.5. The molecule has 1 atom stereocenters. The van der Waals surface area contributed by atoms with Crippen LogP contribution in [-0.4, -0.2) is 48.4 Å². The van der Waals surface area contributed by atoms with Crippen LogP contribution < -0.4 is 5.32 Å². The van der Waals surface area contributed by atoms with Crippen molar-refractivity contribution in [3.8, 4) is 5.95 Å². The Balaban J connectivity index is 1.54. The Bertz CT molecular complexity index is 1060. The quantitative estimate of drug-likeness (QED) is 0.621. The van der Waals surface area contributed by atoms with Crippen molar-refractivity contribution in [1.82, 2.24) is 24.6 Å². The summed E-state index contributed by atoms with van der Waals surface area (Å²) in [7, 11) is 0. The van der Waals surface area contributed by atoms with Crippen molar-refractivity contribution in [1.29, 1.82) is 0 Å². The highest BCUT2D eigenvalue weighted by Gasteiger charge is 2.40. The van der Waals surface area contributed by atoms with Gasteiger partial charge in [-0.1, -0.05) is 12.1 Å². The summed E-state index contributed by atoms with van der Waals surface area (Å²) in [6.45, 7) is 1.49. The van der Waals surface area contributed by atoms with E-state index in [0.717, 1.165) is 4.90 Å². The van der Waals surface area contributed by atoms with E-state index in [1.165, 1.54) is 11.6 Å². The van der Waals surface area contributed by atoms with Crippen LogP contribution >= 0.6 is 15.9 Å². The molecule has 0 aliphatic carbocycles. The number of carbonyl (C=O) groups is 3. The average molecular weight is 441 g/mol. The molecule has 3 amide bonds. The first-order valence-corrected chi connectivity index (χ1v) is 9.07. The standard InChI is InChI=1S/C18H13BrN6O3/c1-10(25-16(27)11-5-2-3-6-12(11)17(25)28)15(26)22-14-13(19)9-24(23-14)18-20-7-4-8-21-18/h2-10H,1H3,(H,22,23,26)/t10-/m0/s1. The van der Waals surface area contributed by atoms with Gasteiger partial charge in [0, 0.05) is 12.4 Å². The van der Waals surface area contributed by atoms with E-state index in [1.807, 2.05) is 0 Å². The number of hydrogen-bond donors (Lipinski definition) is 1. The minimum atomic E-state index is -1.02. The topological polar surface area (TPSA) is 110 Å². The number of rotatable bonds is 4. The average Bonchev–Trinajstić information content (AvgIpc) is 3.20. The van der Waals surface area contributed by atoms with E-state index in [1.54, 1.807) is 48.9 Å². The van der Waals surface area contributed by atoms with Crippen LogP contribution in [0.15, 0.2) is 53.4 Å². The summed E-state index contributed by atoms with van der Waals surface area (Å²) in [6, 6.07) is 7.14. The zero-order valence-corrected chi connectivity index (χ0v) is 16.1. The first kappa shape index (κ1) is 18.0. The third-order valence-electron chi connectivity index (χ3n) is 4.26. The number of aromatic nitrogens is 4. The molecule has 3 heterocycles. The summed E-state index contributed by atoms with van der Waals surface area (Å²) < 4.78 is 1.90. The van der Waals surface area contributed by atoms with Gasteiger partial charge in [0.15, 0.2) is 5.82 Å².